The van der Waals surface area contributed by atoms with Gasteiger partial charge in [-0.2, -0.15) is 10.1 Å². The number of hydrogen-bond donors (Lipinski definition) is 0. The van der Waals surface area contributed by atoms with Crippen LogP contribution in [0.15, 0.2) is 88.4 Å². The van der Waals surface area contributed by atoms with Crippen molar-refractivity contribution in [2.75, 3.05) is 0 Å². The minimum absolute atomic E-state index is 0.148. The van der Waals surface area contributed by atoms with Crippen LogP contribution >= 0.6 is 11.6 Å². The first-order chi connectivity index (χ1) is 17.5. The second kappa shape index (κ2) is 7.77. The second-order valence-electron chi connectivity index (χ2n) is 9.66. The number of amides is 2. The van der Waals surface area contributed by atoms with Crippen LogP contribution in [0.1, 0.15) is 45.4 Å². The van der Waals surface area contributed by atoms with Crippen molar-refractivity contribution in [2.24, 2.45) is 16.9 Å². The highest BCUT2D eigenvalue weighted by molar-refractivity contribution is 6.31. The highest BCUT2D eigenvalue weighted by Crippen LogP contribution is 2.60. The van der Waals surface area contributed by atoms with Crippen LogP contribution in [0.25, 0.3) is 11.3 Å². The molecule has 2 amide bonds. The Balaban J connectivity index is 1.23. The lowest BCUT2D eigenvalue weighted by Gasteiger charge is -2.45. The molecule has 36 heavy (non-hydrogen) atoms. The van der Waals surface area contributed by atoms with E-state index in [2.05, 4.69) is 29.4 Å². The van der Waals surface area contributed by atoms with Crippen LogP contribution < -0.4 is 0 Å². The van der Waals surface area contributed by atoms with Gasteiger partial charge in [0, 0.05) is 22.4 Å². The minimum Gasteiger partial charge on any atom is -0.455 e. The molecule has 2 bridgehead atoms. The Labute approximate surface area is 213 Å². The predicted molar refractivity (Wildman–Crippen MR) is 137 cm³/mol. The number of hydrogen-bond acceptors (Lipinski definition) is 4. The lowest BCUT2D eigenvalue weighted by atomic mass is 9.55. The predicted octanol–water partition coefficient (Wildman–Crippen LogP) is 6.13. The number of halogens is 1. The average molecular weight is 493 g/mol. The first-order valence-corrected chi connectivity index (χ1v) is 12.4. The molecule has 1 aliphatic heterocycles. The van der Waals surface area contributed by atoms with Crippen LogP contribution in [-0.4, -0.2) is 23.0 Å². The molecule has 176 valence electrons. The van der Waals surface area contributed by atoms with Gasteiger partial charge < -0.3 is 4.42 Å². The van der Waals surface area contributed by atoms with Gasteiger partial charge in [-0.3, -0.25) is 9.59 Å². The summed E-state index contributed by atoms with van der Waals surface area (Å²) in [4.78, 5) is 27.2. The maximum absolute atomic E-state index is 13.6. The summed E-state index contributed by atoms with van der Waals surface area (Å²) in [5.74, 6) is -0.620. The van der Waals surface area contributed by atoms with E-state index in [4.69, 9.17) is 16.0 Å². The summed E-state index contributed by atoms with van der Waals surface area (Å²) in [5.41, 5.74) is 6.39. The number of carbonyl (C=O) groups is 2. The molecule has 2 atom stereocenters. The highest BCUT2D eigenvalue weighted by Gasteiger charge is 2.61. The third-order valence-corrected chi connectivity index (χ3v) is 8.22. The quantitative estimate of drug-likeness (QED) is 0.255. The number of benzene rings is 3. The number of nitrogens with zero attached hydrogens (tertiary/aromatic N) is 2. The van der Waals surface area contributed by atoms with Gasteiger partial charge >= 0.3 is 0 Å². The molecule has 3 aromatic carbocycles. The van der Waals surface area contributed by atoms with Gasteiger partial charge in [0.2, 0.25) is 0 Å². The number of furan rings is 1. The Morgan fingerprint density at radius 3 is 1.89 bits per heavy atom. The maximum Gasteiger partial charge on any atom is 0.254 e. The number of carbonyl (C=O) groups excluding carboxylic acids is 2. The van der Waals surface area contributed by atoms with E-state index < -0.39 is 11.8 Å². The normalized spacial score (nSPS) is 23.8. The summed E-state index contributed by atoms with van der Waals surface area (Å²) in [6.45, 7) is 1.94. The smallest absolute Gasteiger partial charge is 0.254 e. The topological polar surface area (TPSA) is 62.9 Å². The van der Waals surface area contributed by atoms with E-state index in [1.165, 1.54) is 6.21 Å². The van der Waals surface area contributed by atoms with Crippen molar-refractivity contribution in [3.63, 3.8) is 0 Å². The summed E-state index contributed by atoms with van der Waals surface area (Å²) < 4.78 is 5.91. The third-order valence-electron chi connectivity index (χ3n) is 7.81. The molecular weight excluding hydrogens is 472 g/mol. The van der Waals surface area contributed by atoms with Crippen LogP contribution in [0.2, 0.25) is 5.02 Å². The molecular formula is C30H21ClN2O3. The molecule has 1 fully saturated rings. The van der Waals surface area contributed by atoms with Gasteiger partial charge in [0.15, 0.2) is 0 Å². The average Bonchev–Trinajstić information content (AvgIpc) is 3.47. The van der Waals surface area contributed by atoms with Gasteiger partial charge in [-0.25, -0.2) is 0 Å². The van der Waals surface area contributed by atoms with E-state index in [1.807, 2.05) is 55.5 Å². The summed E-state index contributed by atoms with van der Waals surface area (Å²) >= 11 is 6.26. The first kappa shape index (κ1) is 21.3. The zero-order chi connectivity index (χ0) is 24.6. The minimum atomic E-state index is -0.452. The Kier molecular flexibility index (Phi) is 4.60. The van der Waals surface area contributed by atoms with Crippen LogP contribution in [0.4, 0.5) is 0 Å². The van der Waals surface area contributed by atoms with Crippen molar-refractivity contribution in [1.82, 2.24) is 5.01 Å². The SMILES string of the molecule is Cc1ccc(-c2ccc(/C=N\N3C(=O)[C@@H]4C5c6ccccc6C(c6ccccc65)[C@H]4C3=O)o2)cc1Cl. The molecule has 0 saturated carbocycles. The van der Waals surface area contributed by atoms with Gasteiger partial charge in [0.25, 0.3) is 11.8 Å². The highest BCUT2D eigenvalue weighted by atomic mass is 35.5. The van der Waals surface area contributed by atoms with E-state index in [9.17, 15) is 9.59 Å². The van der Waals surface area contributed by atoms with Crippen LogP contribution in [0, 0.1) is 18.8 Å². The zero-order valence-electron chi connectivity index (χ0n) is 19.4. The van der Waals surface area contributed by atoms with Gasteiger partial charge in [-0.05, 0) is 52.9 Å². The lowest BCUT2D eigenvalue weighted by Crippen LogP contribution is -2.41. The fourth-order valence-electron chi connectivity index (χ4n) is 6.21. The van der Waals surface area contributed by atoms with Crippen molar-refractivity contribution in [1.29, 1.82) is 0 Å². The number of aryl methyl sites for hydroxylation is 1. The van der Waals surface area contributed by atoms with E-state index in [1.54, 1.807) is 6.07 Å². The standard InChI is InChI=1S/C30H21ClN2O3/c1-16-10-11-17(14-23(16)31)24-13-12-18(36-24)15-32-33-29(34)27-25-19-6-2-3-7-20(19)26(28(27)30(33)35)22-9-5-4-8-21(22)25/h2-15,25-28H,1H3/b32-15-/t25?,26?,27-,28-/m1/s1. The largest absolute Gasteiger partial charge is 0.455 e. The summed E-state index contributed by atoms with van der Waals surface area (Å²) in [5, 5.41) is 6.04. The van der Waals surface area contributed by atoms with Crippen molar-refractivity contribution in [2.45, 2.75) is 18.8 Å². The Morgan fingerprint density at radius 2 is 1.36 bits per heavy atom. The summed E-state index contributed by atoms with van der Waals surface area (Å²) in [6, 6.07) is 25.7. The molecule has 0 spiro atoms. The Bertz CT molecular complexity index is 1490. The molecule has 4 aromatic rings. The fourth-order valence-corrected chi connectivity index (χ4v) is 6.39. The first-order valence-electron chi connectivity index (χ1n) is 12.0. The number of rotatable bonds is 3. The van der Waals surface area contributed by atoms with Crippen molar-refractivity contribution < 1.29 is 14.0 Å². The Hall–Kier alpha value is -3.96. The third kappa shape index (κ3) is 2.93. The van der Waals surface area contributed by atoms with Gasteiger partial charge in [-0.15, -0.1) is 0 Å². The molecule has 4 aliphatic rings. The van der Waals surface area contributed by atoms with E-state index in [0.717, 1.165) is 38.4 Å². The number of hydrazone groups is 1. The molecule has 6 heteroatoms. The zero-order valence-corrected chi connectivity index (χ0v) is 20.1. The molecule has 5 nitrogen and oxygen atoms in total. The maximum atomic E-state index is 13.6. The fraction of sp³-hybridized carbons (Fsp3) is 0.167. The van der Waals surface area contributed by atoms with Crippen LogP contribution in [0.5, 0.6) is 0 Å². The van der Waals surface area contributed by atoms with Crippen molar-refractivity contribution >= 4 is 29.6 Å². The van der Waals surface area contributed by atoms with Crippen LogP contribution in [0.3, 0.4) is 0 Å². The molecule has 1 aromatic heterocycles. The van der Waals surface area contributed by atoms with E-state index >= 15 is 0 Å². The molecule has 2 heterocycles. The second-order valence-corrected chi connectivity index (χ2v) is 10.1. The van der Waals surface area contributed by atoms with Crippen molar-refractivity contribution in [3.8, 4) is 11.3 Å². The molecule has 1 saturated heterocycles. The van der Waals surface area contributed by atoms with E-state index in [-0.39, 0.29) is 23.7 Å². The summed E-state index contributed by atoms with van der Waals surface area (Å²) in [6.07, 6.45) is 1.44. The van der Waals surface area contributed by atoms with Gasteiger partial charge in [0.1, 0.15) is 11.5 Å². The molecule has 0 radical (unpaired) electrons. The van der Waals surface area contributed by atoms with E-state index in [0.29, 0.717) is 16.5 Å². The monoisotopic (exact) mass is 492 g/mol. The van der Waals surface area contributed by atoms with Crippen LogP contribution in [-0.2, 0) is 9.59 Å². The van der Waals surface area contributed by atoms with Crippen molar-refractivity contribution in [3.05, 3.63) is 117 Å². The van der Waals surface area contributed by atoms with Gasteiger partial charge in [-0.1, -0.05) is 72.3 Å². The molecule has 3 aliphatic carbocycles. The number of imide groups is 1. The summed E-state index contributed by atoms with van der Waals surface area (Å²) in [7, 11) is 0. The van der Waals surface area contributed by atoms with Gasteiger partial charge in [0.05, 0.1) is 18.1 Å². The molecule has 0 unspecified atom stereocenters. The Morgan fingerprint density at radius 1 is 0.806 bits per heavy atom. The molecule has 0 N–H and O–H groups in total. The molecule has 8 rings (SSSR count). The lowest BCUT2D eigenvalue weighted by molar-refractivity contribution is -0.139.